The molecule has 0 spiro atoms. The van der Waals surface area contributed by atoms with Gasteiger partial charge in [-0.1, -0.05) is 0 Å². The molecule has 0 N–H and O–H groups in total. The van der Waals surface area contributed by atoms with E-state index in [1.807, 2.05) is 0 Å². The molecule has 0 saturated carbocycles. The average Bonchev–Trinajstić information content (AvgIpc) is 1.27. The number of hydrogen-bond acceptors (Lipinski definition) is 5. The Labute approximate surface area is 64.7 Å². The Kier molecular flexibility index (Phi) is 14.5. The van der Waals surface area contributed by atoms with Crippen LogP contribution < -0.4 is 18.6 Å². The molecule has 7 heteroatoms. The van der Waals surface area contributed by atoms with Gasteiger partial charge in [0.05, 0.1) is 6.07 Å². The number of nitriles is 1. The van der Waals surface area contributed by atoms with Crippen LogP contribution in [0.5, 0.6) is 0 Å². The molecule has 0 aliphatic carbocycles. The molecule has 0 unspecified atom stereocenters. The van der Waals surface area contributed by atoms with Gasteiger partial charge in [-0.15, -0.1) is 10.2 Å². The molecule has 0 atom stereocenters. The number of nitrogens with zero attached hydrogens (tertiary/aromatic N) is 1. The molecule has 0 fully saturated rings. The monoisotopic (exact) mass is 203 g/mol. The van der Waals surface area contributed by atoms with Crippen molar-refractivity contribution in [3.8, 4) is 6.07 Å². The SMILES string of the molecule is CC#N.[Cu+].[O-][Cl+3]([O-])([O-])[O-]. The molecular weight excluding hydrogens is 201 g/mol. The van der Waals surface area contributed by atoms with Gasteiger partial charge in [-0.05, 0) is 0 Å². The Balaban J connectivity index is -0.0000000800. The van der Waals surface area contributed by atoms with E-state index in [1.54, 1.807) is 6.07 Å². The summed E-state index contributed by atoms with van der Waals surface area (Å²) < 4.78 is 34.0. The van der Waals surface area contributed by atoms with Crippen LogP contribution in [0.1, 0.15) is 6.92 Å². The Morgan fingerprint density at radius 2 is 1.22 bits per heavy atom. The summed E-state index contributed by atoms with van der Waals surface area (Å²) in [4.78, 5) is 0. The molecule has 58 valence electrons. The summed E-state index contributed by atoms with van der Waals surface area (Å²) in [6.45, 7) is 1.43. The van der Waals surface area contributed by atoms with Crippen molar-refractivity contribution in [2.45, 2.75) is 6.92 Å². The maximum Gasteiger partial charge on any atom is 1.00 e. The van der Waals surface area contributed by atoms with Gasteiger partial charge in [0.1, 0.15) is 0 Å². The molecule has 0 bridgehead atoms. The molecule has 5 nitrogen and oxygen atoms in total. The third kappa shape index (κ3) is 15800. The minimum atomic E-state index is -4.94. The normalized spacial score (nSPS) is 7.56. The van der Waals surface area contributed by atoms with Crippen molar-refractivity contribution in [1.29, 1.82) is 5.26 Å². The molecule has 0 aliphatic heterocycles. The van der Waals surface area contributed by atoms with Crippen LogP contribution >= 0.6 is 0 Å². The molecule has 0 aromatic heterocycles. The molecule has 0 saturated heterocycles. The van der Waals surface area contributed by atoms with E-state index in [2.05, 4.69) is 0 Å². The van der Waals surface area contributed by atoms with E-state index in [9.17, 15) is 0 Å². The van der Waals surface area contributed by atoms with Gasteiger partial charge < -0.3 is 0 Å². The van der Waals surface area contributed by atoms with Gasteiger partial charge in [-0.2, -0.15) is 5.26 Å². The van der Waals surface area contributed by atoms with E-state index in [0.717, 1.165) is 0 Å². The summed E-state index contributed by atoms with van der Waals surface area (Å²) in [5.74, 6) is 0. The van der Waals surface area contributed by atoms with E-state index in [0.29, 0.717) is 0 Å². The Morgan fingerprint density at radius 3 is 1.22 bits per heavy atom. The first-order chi connectivity index (χ1) is 3.41. The molecule has 0 heterocycles. The van der Waals surface area contributed by atoms with Gasteiger partial charge in [-0.25, -0.2) is 18.6 Å². The minimum absolute atomic E-state index is 0. The molecule has 0 radical (unpaired) electrons. The zero-order valence-electron chi connectivity index (χ0n) is 4.26. The van der Waals surface area contributed by atoms with E-state index >= 15 is 0 Å². The summed E-state index contributed by atoms with van der Waals surface area (Å²) in [5, 5.41) is 7.32. The van der Waals surface area contributed by atoms with Crippen LogP contribution in [0.25, 0.3) is 0 Å². The minimum Gasteiger partial charge on any atom is -0.222 e. The molecule has 0 amide bonds. The van der Waals surface area contributed by atoms with Crippen molar-refractivity contribution in [2.24, 2.45) is 0 Å². The van der Waals surface area contributed by atoms with E-state index in [4.69, 9.17) is 23.9 Å². The smallest absolute Gasteiger partial charge is 0.222 e. The largest absolute Gasteiger partial charge is 1.00 e. The van der Waals surface area contributed by atoms with Crippen LogP contribution in [0.2, 0.25) is 0 Å². The Hall–Kier alpha value is 0.139. The second kappa shape index (κ2) is 8.14. The van der Waals surface area contributed by atoms with Crippen molar-refractivity contribution < 1.29 is 45.9 Å². The fourth-order valence-electron chi connectivity index (χ4n) is 0. The second-order valence-corrected chi connectivity index (χ2v) is 1.36. The zero-order valence-corrected chi connectivity index (χ0v) is 5.96. The number of hydrogen-bond donors (Lipinski definition) is 0. The number of halogens is 1. The molecule has 0 aromatic rings. The van der Waals surface area contributed by atoms with Crippen molar-refractivity contribution >= 4 is 0 Å². The van der Waals surface area contributed by atoms with Gasteiger partial charge in [0.25, 0.3) is 0 Å². The van der Waals surface area contributed by atoms with Crippen molar-refractivity contribution in [1.82, 2.24) is 0 Å². The van der Waals surface area contributed by atoms with Crippen LogP contribution in [0.15, 0.2) is 0 Å². The topological polar surface area (TPSA) is 116 Å². The van der Waals surface area contributed by atoms with Crippen LogP contribution in [0.3, 0.4) is 0 Å². The summed E-state index contributed by atoms with van der Waals surface area (Å²) in [6, 6.07) is 1.75. The first-order valence-electron chi connectivity index (χ1n) is 1.34. The first kappa shape index (κ1) is 16.1. The van der Waals surface area contributed by atoms with E-state index < -0.39 is 10.2 Å². The summed E-state index contributed by atoms with van der Waals surface area (Å²) >= 11 is 0. The van der Waals surface area contributed by atoms with Crippen LogP contribution in [0.4, 0.5) is 0 Å². The summed E-state index contributed by atoms with van der Waals surface area (Å²) in [5.41, 5.74) is 0. The van der Waals surface area contributed by atoms with Crippen molar-refractivity contribution in [3.05, 3.63) is 0 Å². The summed E-state index contributed by atoms with van der Waals surface area (Å²) in [6.07, 6.45) is 0. The van der Waals surface area contributed by atoms with Gasteiger partial charge in [0, 0.05) is 6.92 Å². The Bertz CT molecular complexity index is 79.5. The third-order valence-corrected chi connectivity index (χ3v) is 0. The van der Waals surface area contributed by atoms with Gasteiger partial charge in [-0.3, -0.25) is 0 Å². The van der Waals surface area contributed by atoms with Crippen LogP contribution in [-0.2, 0) is 17.1 Å². The predicted molar refractivity (Wildman–Crippen MR) is 11.3 cm³/mol. The van der Waals surface area contributed by atoms with Crippen LogP contribution in [-0.4, -0.2) is 0 Å². The maximum atomic E-state index is 8.49. The quantitative estimate of drug-likeness (QED) is 0.370. The van der Waals surface area contributed by atoms with Gasteiger partial charge in [0.15, 0.2) is 0 Å². The van der Waals surface area contributed by atoms with Gasteiger partial charge in [0.2, 0.25) is 0 Å². The first-order valence-corrected chi connectivity index (χ1v) is 2.58. The molecule has 9 heavy (non-hydrogen) atoms. The molecule has 0 aliphatic rings. The van der Waals surface area contributed by atoms with Crippen molar-refractivity contribution in [3.63, 3.8) is 0 Å². The second-order valence-electron chi connectivity index (χ2n) is 0.602. The Morgan fingerprint density at radius 1 is 1.22 bits per heavy atom. The van der Waals surface area contributed by atoms with E-state index in [-0.39, 0.29) is 17.1 Å². The third-order valence-electron chi connectivity index (χ3n) is 0. The van der Waals surface area contributed by atoms with Crippen molar-refractivity contribution in [2.75, 3.05) is 0 Å². The number of rotatable bonds is 0. The maximum absolute atomic E-state index is 8.49. The van der Waals surface area contributed by atoms with Gasteiger partial charge >= 0.3 is 17.1 Å². The van der Waals surface area contributed by atoms with Crippen LogP contribution in [0, 0.1) is 21.6 Å². The van der Waals surface area contributed by atoms with E-state index in [1.165, 1.54) is 6.92 Å². The predicted octanol–water partition coefficient (Wildman–Crippen LogP) is -4.23. The fourth-order valence-corrected chi connectivity index (χ4v) is 0. The zero-order chi connectivity index (χ0) is 7.21. The fraction of sp³-hybridized carbons (Fsp3) is 0.500. The summed E-state index contributed by atoms with van der Waals surface area (Å²) in [7, 11) is -4.94. The molecule has 0 rings (SSSR count). The molecule has 0 aromatic carbocycles. The molecular formula is C2H3ClCuNO4. The average molecular weight is 204 g/mol. The standard InChI is InChI=1S/C2H3N.ClHO4.Cu/c1-2-3;2-1(3,4)5;/h1H3;(H,2,3,4,5);/q;;+1/p-1.